The Balaban J connectivity index is 2.17. The summed E-state index contributed by atoms with van der Waals surface area (Å²) in [7, 11) is 1.33. The fourth-order valence-corrected chi connectivity index (χ4v) is 3.37. The van der Waals surface area contributed by atoms with E-state index in [1.54, 1.807) is 0 Å². The van der Waals surface area contributed by atoms with Gasteiger partial charge in [0.25, 0.3) is 0 Å². The Labute approximate surface area is 135 Å². The summed E-state index contributed by atoms with van der Waals surface area (Å²) in [6, 6.07) is 7.45. The molecule has 0 saturated carbocycles. The summed E-state index contributed by atoms with van der Waals surface area (Å²) in [6.45, 7) is 0.713. The molecule has 1 aliphatic rings. The van der Waals surface area contributed by atoms with E-state index in [4.69, 9.17) is 12.6 Å². The summed E-state index contributed by atoms with van der Waals surface area (Å²) in [5.41, 5.74) is 0.874. The molecule has 7 heteroatoms. The third-order valence-electron chi connectivity index (χ3n) is 2.34. The Kier molecular flexibility index (Phi) is 5.82. The number of nitrogens with zero attached hydrogens (tertiary/aromatic N) is 1. The third-order valence-corrected chi connectivity index (χ3v) is 5.28. The summed E-state index contributed by atoms with van der Waals surface area (Å²) >= 11 is 1.76. The molecule has 0 radical (unpaired) electrons. The SMILES string of the molecule is COC(=O)/C(=N/O[C@@H]1CCO[I-]1)c1ccc(I)cc1. The molecule has 0 N–H and O–H groups in total. The van der Waals surface area contributed by atoms with E-state index in [0.717, 1.165) is 9.99 Å². The number of oxime groups is 1. The zero-order valence-corrected chi connectivity index (χ0v) is 14.5. The van der Waals surface area contributed by atoms with Crippen LogP contribution in [0.1, 0.15) is 12.0 Å². The van der Waals surface area contributed by atoms with Gasteiger partial charge in [0, 0.05) is 0 Å². The van der Waals surface area contributed by atoms with Gasteiger partial charge in [0.2, 0.25) is 0 Å². The van der Waals surface area contributed by atoms with E-state index in [1.807, 2.05) is 24.3 Å². The van der Waals surface area contributed by atoms with E-state index in [0.29, 0.717) is 12.2 Å². The molecule has 19 heavy (non-hydrogen) atoms. The Hall–Kier alpha value is -0.420. The minimum absolute atomic E-state index is 0.0160. The second kappa shape index (κ2) is 7.39. The molecule has 0 amide bonds. The van der Waals surface area contributed by atoms with Gasteiger partial charge in [0.15, 0.2) is 0 Å². The van der Waals surface area contributed by atoms with Gasteiger partial charge in [0.1, 0.15) is 0 Å². The van der Waals surface area contributed by atoms with Crippen LogP contribution in [0.2, 0.25) is 0 Å². The average molecular weight is 488 g/mol. The van der Waals surface area contributed by atoms with Crippen LogP contribution >= 0.6 is 22.6 Å². The Bertz CT molecular complexity index is 469. The van der Waals surface area contributed by atoms with Crippen molar-refractivity contribution in [3.05, 3.63) is 33.4 Å². The fraction of sp³-hybridized carbons (Fsp3) is 0.333. The monoisotopic (exact) mass is 488 g/mol. The molecule has 1 aliphatic heterocycles. The fourth-order valence-electron chi connectivity index (χ4n) is 1.39. The zero-order valence-electron chi connectivity index (χ0n) is 10.1. The van der Waals surface area contributed by atoms with Gasteiger partial charge in [-0.25, -0.2) is 0 Å². The molecule has 1 atom stereocenters. The number of methoxy groups -OCH3 is 1. The number of benzene rings is 1. The molecular formula is C12H12I2NO4-. The van der Waals surface area contributed by atoms with Crippen molar-refractivity contribution in [3.63, 3.8) is 0 Å². The summed E-state index contributed by atoms with van der Waals surface area (Å²) in [6.07, 6.45) is 0.831. The second-order valence-corrected chi connectivity index (χ2v) is 7.41. The van der Waals surface area contributed by atoms with E-state index in [-0.39, 0.29) is 9.82 Å². The van der Waals surface area contributed by atoms with Gasteiger partial charge in [-0.2, -0.15) is 0 Å². The molecule has 0 aliphatic carbocycles. The van der Waals surface area contributed by atoms with Crippen molar-refractivity contribution in [3.8, 4) is 0 Å². The molecule has 0 unspecified atom stereocenters. The molecule has 1 heterocycles. The van der Waals surface area contributed by atoms with Gasteiger partial charge < -0.3 is 0 Å². The van der Waals surface area contributed by atoms with Crippen LogP contribution in [0.5, 0.6) is 0 Å². The third kappa shape index (κ3) is 4.28. The Morgan fingerprint density at radius 1 is 1.47 bits per heavy atom. The van der Waals surface area contributed by atoms with Crippen LogP contribution in [0.15, 0.2) is 29.4 Å². The van der Waals surface area contributed by atoms with Crippen LogP contribution in [0.25, 0.3) is 0 Å². The zero-order chi connectivity index (χ0) is 13.7. The molecule has 1 aromatic carbocycles. The summed E-state index contributed by atoms with van der Waals surface area (Å²) in [5.74, 6) is -0.502. The van der Waals surface area contributed by atoms with Gasteiger partial charge in [-0.05, 0) is 0 Å². The van der Waals surface area contributed by atoms with Gasteiger partial charge in [-0.1, -0.05) is 0 Å². The van der Waals surface area contributed by atoms with Crippen LogP contribution in [-0.2, 0) is 17.4 Å². The first kappa shape index (κ1) is 15.0. The predicted molar refractivity (Wildman–Crippen MR) is 73.2 cm³/mol. The van der Waals surface area contributed by atoms with Crippen molar-refractivity contribution < 1.29 is 39.1 Å². The number of halogens is 2. The average Bonchev–Trinajstić information content (AvgIpc) is 2.93. The molecule has 2 rings (SSSR count). The topological polar surface area (TPSA) is 57.1 Å². The van der Waals surface area contributed by atoms with Gasteiger partial charge in [-0.15, -0.1) is 0 Å². The van der Waals surface area contributed by atoms with Crippen LogP contribution in [0.4, 0.5) is 0 Å². The first-order chi connectivity index (χ1) is 9.20. The Morgan fingerprint density at radius 2 is 2.21 bits per heavy atom. The van der Waals surface area contributed by atoms with Crippen molar-refractivity contribution in [1.29, 1.82) is 0 Å². The molecule has 0 bridgehead atoms. The number of alkyl halides is 1. The number of hydrogen-bond donors (Lipinski definition) is 0. The van der Waals surface area contributed by atoms with Crippen molar-refractivity contribution in [2.24, 2.45) is 5.16 Å². The molecule has 0 spiro atoms. The Morgan fingerprint density at radius 3 is 2.79 bits per heavy atom. The number of hydrogen-bond acceptors (Lipinski definition) is 5. The van der Waals surface area contributed by atoms with Crippen molar-refractivity contribution in [2.75, 3.05) is 13.7 Å². The van der Waals surface area contributed by atoms with Crippen LogP contribution in [0.3, 0.4) is 0 Å². The van der Waals surface area contributed by atoms with E-state index in [1.165, 1.54) is 7.11 Å². The summed E-state index contributed by atoms with van der Waals surface area (Å²) in [5, 5.41) is 3.96. The van der Waals surface area contributed by atoms with E-state index < -0.39 is 27.6 Å². The van der Waals surface area contributed by atoms with Crippen LogP contribution in [-0.4, -0.2) is 29.5 Å². The van der Waals surface area contributed by atoms with Gasteiger partial charge in [0.05, 0.1) is 0 Å². The molecule has 0 aromatic heterocycles. The van der Waals surface area contributed by atoms with Crippen LogP contribution < -0.4 is 21.6 Å². The minimum atomic E-state index is -0.502. The first-order valence-electron chi connectivity index (χ1n) is 5.54. The van der Waals surface area contributed by atoms with E-state index in [9.17, 15) is 4.79 Å². The predicted octanol–water partition coefficient (Wildman–Crippen LogP) is -1.06. The standard InChI is InChI=1S/C12H12I2NO4/c1-17-12(16)11(8-2-4-9(13)5-3-8)15-19-10-6-7-18-14-10/h2-5,10H,6-7H2,1H3/q-1/b15-11+/t10-/m1/s1. The number of ether oxygens (including phenoxy) is 1. The molecule has 5 nitrogen and oxygen atoms in total. The molecule has 1 fully saturated rings. The van der Waals surface area contributed by atoms with E-state index >= 15 is 0 Å². The van der Waals surface area contributed by atoms with Gasteiger partial charge in [-0.3, -0.25) is 0 Å². The van der Waals surface area contributed by atoms with Gasteiger partial charge >= 0.3 is 136 Å². The maximum atomic E-state index is 11.7. The van der Waals surface area contributed by atoms with Crippen molar-refractivity contribution in [2.45, 2.75) is 10.5 Å². The van der Waals surface area contributed by atoms with Crippen molar-refractivity contribution in [1.82, 2.24) is 0 Å². The summed E-state index contributed by atoms with van der Waals surface area (Å²) < 4.78 is 11.1. The maximum absolute atomic E-state index is 11.7. The molecule has 104 valence electrons. The molecular weight excluding hydrogens is 476 g/mol. The number of esters is 1. The normalized spacial score (nSPS) is 19.7. The number of carbonyl (C=O) groups is 1. The molecule has 1 aromatic rings. The molecule has 1 saturated heterocycles. The summed E-state index contributed by atoms with van der Waals surface area (Å²) in [4.78, 5) is 17.1. The number of carbonyl (C=O) groups excluding carboxylic acids is 1. The van der Waals surface area contributed by atoms with Crippen molar-refractivity contribution >= 4 is 34.3 Å². The van der Waals surface area contributed by atoms with Crippen LogP contribution in [0, 0.1) is 3.57 Å². The number of rotatable bonds is 4. The second-order valence-electron chi connectivity index (χ2n) is 3.64. The van der Waals surface area contributed by atoms with E-state index in [2.05, 4.69) is 27.7 Å². The first-order valence-corrected chi connectivity index (χ1v) is 8.74. The quantitative estimate of drug-likeness (QED) is 0.178.